The highest BCUT2D eigenvalue weighted by Crippen LogP contribution is 2.36. The number of hydrogen-bond donors (Lipinski definition) is 1. The van der Waals surface area contributed by atoms with E-state index >= 15 is 0 Å². The van der Waals surface area contributed by atoms with E-state index in [1.54, 1.807) is 0 Å². The molecule has 0 heterocycles. The summed E-state index contributed by atoms with van der Waals surface area (Å²) in [5, 5.41) is 3.77. The van der Waals surface area contributed by atoms with Crippen LogP contribution in [-0.2, 0) is 6.42 Å². The van der Waals surface area contributed by atoms with Crippen molar-refractivity contribution in [3.63, 3.8) is 0 Å². The van der Waals surface area contributed by atoms with Gasteiger partial charge in [-0.3, -0.25) is 0 Å². The first-order valence-corrected chi connectivity index (χ1v) is 8.49. The van der Waals surface area contributed by atoms with Gasteiger partial charge in [-0.25, -0.2) is 0 Å². The minimum absolute atomic E-state index is 0.856. The van der Waals surface area contributed by atoms with Crippen molar-refractivity contribution in [1.29, 1.82) is 0 Å². The molecule has 110 valence electrons. The maximum atomic E-state index is 3.77. The molecule has 3 atom stereocenters. The molecule has 1 aromatic rings. The number of nitrogens with one attached hydrogen (secondary N) is 1. The lowest BCUT2D eigenvalue weighted by atomic mass is 9.72. The van der Waals surface area contributed by atoms with Crippen molar-refractivity contribution in [3.05, 3.63) is 35.4 Å². The smallest absolute Gasteiger partial charge is 0.00683 e. The summed E-state index contributed by atoms with van der Waals surface area (Å²) in [6, 6.07) is 10.0. The summed E-state index contributed by atoms with van der Waals surface area (Å²) in [5.41, 5.74) is 2.91. The summed E-state index contributed by atoms with van der Waals surface area (Å²) in [6.45, 7) is 5.87. The zero-order valence-corrected chi connectivity index (χ0v) is 13.1. The van der Waals surface area contributed by atoms with Crippen LogP contribution in [0.25, 0.3) is 0 Å². The molecule has 3 rings (SSSR count). The van der Waals surface area contributed by atoms with Gasteiger partial charge in [-0.1, -0.05) is 43.2 Å². The summed E-state index contributed by atoms with van der Waals surface area (Å²) in [7, 11) is 0. The van der Waals surface area contributed by atoms with Crippen LogP contribution in [0.2, 0.25) is 0 Å². The van der Waals surface area contributed by atoms with Crippen molar-refractivity contribution >= 4 is 0 Å². The van der Waals surface area contributed by atoms with E-state index < -0.39 is 0 Å². The third kappa shape index (κ3) is 3.85. The molecular weight excluding hydrogens is 242 g/mol. The Bertz CT molecular complexity index is 418. The molecule has 0 saturated heterocycles. The maximum absolute atomic E-state index is 3.77. The first-order valence-electron chi connectivity index (χ1n) is 8.49. The third-order valence-corrected chi connectivity index (χ3v) is 5.27. The summed E-state index contributed by atoms with van der Waals surface area (Å²) in [6.07, 6.45) is 8.38. The lowest BCUT2D eigenvalue weighted by molar-refractivity contribution is 0.183. The molecule has 2 fully saturated rings. The number of benzene rings is 1. The zero-order chi connectivity index (χ0) is 13.9. The molecule has 1 aromatic carbocycles. The molecule has 3 unspecified atom stereocenters. The molecule has 0 aliphatic heterocycles. The van der Waals surface area contributed by atoms with Gasteiger partial charge in [0.25, 0.3) is 0 Å². The van der Waals surface area contributed by atoms with Gasteiger partial charge in [0.2, 0.25) is 0 Å². The zero-order valence-electron chi connectivity index (χ0n) is 13.1. The van der Waals surface area contributed by atoms with E-state index in [4.69, 9.17) is 0 Å². The van der Waals surface area contributed by atoms with Gasteiger partial charge in [0.15, 0.2) is 0 Å². The molecule has 0 amide bonds. The topological polar surface area (TPSA) is 12.0 Å². The van der Waals surface area contributed by atoms with Crippen molar-refractivity contribution in [1.82, 2.24) is 5.32 Å². The highest BCUT2D eigenvalue weighted by atomic mass is 14.9. The Morgan fingerprint density at radius 3 is 2.45 bits per heavy atom. The Morgan fingerprint density at radius 2 is 1.75 bits per heavy atom. The van der Waals surface area contributed by atoms with E-state index in [0.29, 0.717) is 0 Å². The minimum Gasteiger partial charge on any atom is -0.314 e. The average Bonchev–Trinajstić information content (AvgIpc) is 3.25. The molecule has 0 radical (unpaired) electrons. The molecule has 2 saturated carbocycles. The molecule has 0 aromatic heterocycles. The van der Waals surface area contributed by atoms with Gasteiger partial charge in [0, 0.05) is 6.04 Å². The fourth-order valence-electron chi connectivity index (χ4n) is 3.71. The molecule has 0 bridgehead atoms. The monoisotopic (exact) mass is 271 g/mol. The number of aryl methyl sites for hydroxylation is 1. The van der Waals surface area contributed by atoms with Crippen LogP contribution in [-0.4, -0.2) is 12.6 Å². The highest BCUT2D eigenvalue weighted by molar-refractivity contribution is 5.21. The molecule has 1 nitrogen and oxygen atoms in total. The SMILES string of the molecule is Cc1ccc(CC2CC(C)CCC2CNC2CC2)cc1. The van der Waals surface area contributed by atoms with E-state index in [-0.39, 0.29) is 0 Å². The fourth-order valence-corrected chi connectivity index (χ4v) is 3.71. The molecule has 20 heavy (non-hydrogen) atoms. The highest BCUT2D eigenvalue weighted by Gasteiger charge is 2.30. The van der Waals surface area contributed by atoms with Crippen LogP contribution in [0.5, 0.6) is 0 Å². The minimum atomic E-state index is 0.856. The van der Waals surface area contributed by atoms with Crippen molar-refractivity contribution in [3.8, 4) is 0 Å². The summed E-state index contributed by atoms with van der Waals surface area (Å²) in [4.78, 5) is 0. The van der Waals surface area contributed by atoms with E-state index in [1.807, 2.05) is 0 Å². The van der Waals surface area contributed by atoms with Gasteiger partial charge in [-0.05, 0) is 68.9 Å². The molecule has 2 aliphatic carbocycles. The average molecular weight is 271 g/mol. The standard InChI is InChI=1S/C19H29N/c1-14-3-6-16(7-4-14)12-18-11-15(2)5-8-17(18)13-20-19-9-10-19/h3-4,6-7,15,17-20H,5,8-13H2,1-2H3. The van der Waals surface area contributed by atoms with E-state index in [1.165, 1.54) is 56.2 Å². The van der Waals surface area contributed by atoms with Crippen LogP contribution in [0.4, 0.5) is 0 Å². The van der Waals surface area contributed by atoms with Crippen LogP contribution < -0.4 is 5.32 Å². The Morgan fingerprint density at radius 1 is 1.00 bits per heavy atom. The van der Waals surface area contributed by atoms with Crippen molar-refractivity contribution < 1.29 is 0 Å². The Labute approximate surface area is 124 Å². The lowest BCUT2D eigenvalue weighted by Crippen LogP contribution is -2.34. The predicted molar refractivity (Wildman–Crippen MR) is 85.9 cm³/mol. The van der Waals surface area contributed by atoms with Crippen LogP contribution in [0.3, 0.4) is 0 Å². The maximum Gasteiger partial charge on any atom is 0.00683 e. The third-order valence-electron chi connectivity index (χ3n) is 5.27. The molecule has 0 spiro atoms. The molecule has 1 N–H and O–H groups in total. The van der Waals surface area contributed by atoms with E-state index in [0.717, 1.165) is 23.8 Å². The van der Waals surface area contributed by atoms with E-state index in [2.05, 4.69) is 43.4 Å². The van der Waals surface area contributed by atoms with Crippen LogP contribution in [0.15, 0.2) is 24.3 Å². The summed E-state index contributed by atoms with van der Waals surface area (Å²) < 4.78 is 0. The summed E-state index contributed by atoms with van der Waals surface area (Å²) in [5.74, 6) is 2.70. The van der Waals surface area contributed by atoms with Crippen molar-refractivity contribution in [2.24, 2.45) is 17.8 Å². The summed E-state index contributed by atoms with van der Waals surface area (Å²) >= 11 is 0. The largest absolute Gasteiger partial charge is 0.314 e. The van der Waals surface area contributed by atoms with Crippen molar-refractivity contribution in [2.45, 2.75) is 58.4 Å². The van der Waals surface area contributed by atoms with Gasteiger partial charge in [-0.15, -0.1) is 0 Å². The Hall–Kier alpha value is -0.820. The molecular formula is C19H29N. The number of rotatable bonds is 5. The van der Waals surface area contributed by atoms with Crippen LogP contribution in [0.1, 0.15) is 50.2 Å². The Balaban J connectivity index is 1.60. The first kappa shape index (κ1) is 14.1. The van der Waals surface area contributed by atoms with Gasteiger partial charge in [0.1, 0.15) is 0 Å². The van der Waals surface area contributed by atoms with Gasteiger partial charge in [-0.2, -0.15) is 0 Å². The Kier molecular flexibility index (Phi) is 4.45. The second kappa shape index (κ2) is 6.30. The normalized spacial score (nSPS) is 30.4. The van der Waals surface area contributed by atoms with Gasteiger partial charge < -0.3 is 5.32 Å². The first-order chi connectivity index (χ1) is 9.70. The van der Waals surface area contributed by atoms with Gasteiger partial charge >= 0.3 is 0 Å². The van der Waals surface area contributed by atoms with Crippen LogP contribution in [0, 0.1) is 24.7 Å². The quantitative estimate of drug-likeness (QED) is 0.840. The van der Waals surface area contributed by atoms with Crippen molar-refractivity contribution in [2.75, 3.05) is 6.54 Å². The number of hydrogen-bond acceptors (Lipinski definition) is 1. The molecule has 2 aliphatic rings. The second-order valence-corrected chi connectivity index (χ2v) is 7.31. The predicted octanol–water partition coefficient (Wildman–Crippen LogP) is 4.34. The second-order valence-electron chi connectivity index (χ2n) is 7.31. The fraction of sp³-hybridized carbons (Fsp3) is 0.684. The molecule has 1 heteroatoms. The van der Waals surface area contributed by atoms with Crippen LogP contribution >= 0.6 is 0 Å². The lowest BCUT2D eigenvalue weighted by Gasteiger charge is -2.35. The van der Waals surface area contributed by atoms with Gasteiger partial charge in [0.05, 0.1) is 0 Å². The van der Waals surface area contributed by atoms with E-state index in [9.17, 15) is 0 Å².